The van der Waals surface area contributed by atoms with Gasteiger partial charge in [-0.3, -0.25) is 4.79 Å². The fourth-order valence-electron chi connectivity index (χ4n) is 3.02. The van der Waals surface area contributed by atoms with Crippen molar-refractivity contribution in [3.05, 3.63) is 89.4 Å². The highest BCUT2D eigenvalue weighted by atomic mass is 35.5. The molecule has 0 fully saturated rings. The van der Waals surface area contributed by atoms with Gasteiger partial charge in [0.15, 0.2) is 0 Å². The van der Waals surface area contributed by atoms with Crippen LogP contribution < -0.4 is 20.3 Å². The maximum absolute atomic E-state index is 13.1. The lowest BCUT2D eigenvalue weighted by Gasteiger charge is -2.23. The number of nitrogens with one attached hydrogen (secondary N) is 2. The molecule has 0 bridgehead atoms. The second kappa shape index (κ2) is 11.0. The Labute approximate surface area is 186 Å². The number of amides is 3. The van der Waals surface area contributed by atoms with Gasteiger partial charge < -0.3 is 20.3 Å². The van der Waals surface area contributed by atoms with Crippen molar-refractivity contribution in [1.82, 2.24) is 5.32 Å². The predicted octanol–water partition coefficient (Wildman–Crippen LogP) is 5.21. The number of urea groups is 1. The molecule has 0 aliphatic carbocycles. The third-order valence-corrected chi connectivity index (χ3v) is 4.83. The van der Waals surface area contributed by atoms with Crippen LogP contribution in [0.15, 0.2) is 78.9 Å². The molecule has 3 amide bonds. The van der Waals surface area contributed by atoms with Crippen LogP contribution in [0, 0.1) is 0 Å². The summed E-state index contributed by atoms with van der Waals surface area (Å²) < 4.78 is 5.15. The molecule has 3 aromatic rings. The second-order valence-corrected chi connectivity index (χ2v) is 7.20. The molecule has 3 rings (SSSR count). The van der Waals surface area contributed by atoms with Gasteiger partial charge in [-0.25, -0.2) is 4.79 Å². The number of hydrogen-bond donors (Lipinski definition) is 2. The van der Waals surface area contributed by atoms with E-state index in [2.05, 4.69) is 10.6 Å². The average molecular weight is 438 g/mol. The Bertz CT molecular complexity index is 1010. The van der Waals surface area contributed by atoms with E-state index in [0.717, 1.165) is 5.69 Å². The van der Waals surface area contributed by atoms with Crippen molar-refractivity contribution < 1.29 is 14.3 Å². The van der Waals surface area contributed by atoms with Gasteiger partial charge in [-0.05, 0) is 55.0 Å². The van der Waals surface area contributed by atoms with Crippen LogP contribution in [0.4, 0.5) is 16.2 Å². The van der Waals surface area contributed by atoms with Crippen molar-refractivity contribution >= 4 is 34.9 Å². The Morgan fingerprint density at radius 1 is 0.968 bits per heavy atom. The van der Waals surface area contributed by atoms with Crippen molar-refractivity contribution in [3.63, 3.8) is 0 Å². The van der Waals surface area contributed by atoms with Crippen LogP contribution in [-0.4, -0.2) is 32.1 Å². The normalized spacial score (nSPS) is 10.3. The van der Waals surface area contributed by atoms with E-state index in [1.165, 1.54) is 0 Å². The number of carbonyl (C=O) groups is 2. The van der Waals surface area contributed by atoms with Gasteiger partial charge in [-0.2, -0.15) is 0 Å². The number of halogens is 1. The van der Waals surface area contributed by atoms with Gasteiger partial charge in [0.05, 0.1) is 7.11 Å². The topological polar surface area (TPSA) is 70.7 Å². The SMILES string of the molecule is COc1cccc(NC(=O)NCCCN(C(=O)c2ccc(Cl)cc2)c2ccccc2)c1. The van der Waals surface area contributed by atoms with E-state index in [1.54, 1.807) is 60.5 Å². The first-order chi connectivity index (χ1) is 15.1. The summed E-state index contributed by atoms with van der Waals surface area (Å²) in [5.41, 5.74) is 1.99. The number of nitrogens with zero attached hydrogens (tertiary/aromatic N) is 1. The molecular formula is C24H24ClN3O3. The molecule has 0 radical (unpaired) electrons. The molecule has 31 heavy (non-hydrogen) atoms. The third kappa shape index (κ3) is 6.49. The van der Waals surface area contributed by atoms with Gasteiger partial charge in [-0.1, -0.05) is 35.9 Å². The summed E-state index contributed by atoms with van der Waals surface area (Å²) in [6.07, 6.45) is 0.583. The summed E-state index contributed by atoms with van der Waals surface area (Å²) in [6, 6.07) is 23.1. The monoisotopic (exact) mass is 437 g/mol. The summed E-state index contributed by atoms with van der Waals surface area (Å²) in [4.78, 5) is 26.9. The Kier molecular flexibility index (Phi) is 7.90. The van der Waals surface area contributed by atoms with Gasteiger partial charge in [0.1, 0.15) is 5.75 Å². The van der Waals surface area contributed by atoms with Crippen LogP contribution in [-0.2, 0) is 0 Å². The molecule has 0 heterocycles. The molecule has 6 nitrogen and oxygen atoms in total. The van der Waals surface area contributed by atoms with E-state index in [9.17, 15) is 9.59 Å². The lowest BCUT2D eigenvalue weighted by atomic mass is 10.1. The Hall–Kier alpha value is -3.51. The van der Waals surface area contributed by atoms with E-state index in [1.807, 2.05) is 30.3 Å². The number of benzene rings is 3. The highest BCUT2D eigenvalue weighted by Crippen LogP contribution is 2.19. The maximum Gasteiger partial charge on any atom is 0.319 e. The molecule has 3 aromatic carbocycles. The zero-order chi connectivity index (χ0) is 22.1. The minimum Gasteiger partial charge on any atom is -0.497 e. The third-order valence-electron chi connectivity index (χ3n) is 4.58. The van der Waals surface area contributed by atoms with Crippen LogP contribution >= 0.6 is 11.6 Å². The largest absolute Gasteiger partial charge is 0.497 e. The summed E-state index contributed by atoms with van der Waals surface area (Å²) in [6.45, 7) is 0.859. The molecule has 0 atom stereocenters. The number of carbonyl (C=O) groups excluding carboxylic acids is 2. The number of para-hydroxylation sites is 1. The molecule has 0 aliphatic heterocycles. The lowest BCUT2D eigenvalue weighted by Crippen LogP contribution is -2.35. The Balaban J connectivity index is 1.57. The quantitative estimate of drug-likeness (QED) is 0.475. The summed E-state index contributed by atoms with van der Waals surface area (Å²) in [7, 11) is 1.57. The molecule has 0 spiro atoms. The van der Waals surface area contributed by atoms with Crippen LogP contribution in [0.25, 0.3) is 0 Å². The fraction of sp³-hybridized carbons (Fsp3) is 0.167. The molecule has 7 heteroatoms. The minimum atomic E-state index is -0.316. The van der Waals surface area contributed by atoms with E-state index in [0.29, 0.717) is 41.5 Å². The maximum atomic E-state index is 13.1. The van der Waals surface area contributed by atoms with Gasteiger partial charge in [0, 0.05) is 41.1 Å². The minimum absolute atomic E-state index is 0.122. The van der Waals surface area contributed by atoms with Crippen molar-refractivity contribution in [3.8, 4) is 5.75 Å². The zero-order valence-electron chi connectivity index (χ0n) is 17.2. The van der Waals surface area contributed by atoms with E-state index in [-0.39, 0.29) is 11.9 Å². The van der Waals surface area contributed by atoms with Crippen LogP contribution in [0.5, 0.6) is 5.75 Å². The van der Waals surface area contributed by atoms with Gasteiger partial charge >= 0.3 is 6.03 Å². The van der Waals surface area contributed by atoms with Crippen LogP contribution in [0.3, 0.4) is 0 Å². The first-order valence-electron chi connectivity index (χ1n) is 9.88. The van der Waals surface area contributed by atoms with Crippen LogP contribution in [0.2, 0.25) is 5.02 Å². The first kappa shape index (κ1) is 22.2. The smallest absolute Gasteiger partial charge is 0.319 e. The van der Waals surface area contributed by atoms with Gasteiger partial charge in [0.25, 0.3) is 5.91 Å². The zero-order valence-corrected chi connectivity index (χ0v) is 17.9. The van der Waals surface area contributed by atoms with Crippen LogP contribution in [0.1, 0.15) is 16.8 Å². The van der Waals surface area contributed by atoms with E-state index >= 15 is 0 Å². The van der Waals surface area contributed by atoms with Crippen molar-refractivity contribution in [2.75, 3.05) is 30.4 Å². The molecule has 0 unspecified atom stereocenters. The molecule has 0 saturated heterocycles. The predicted molar refractivity (Wildman–Crippen MR) is 124 cm³/mol. The molecule has 0 saturated carbocycles. The summed E-state index contributed by atoms with van der Waals surface area (Å²) in [5.74, 6) is 0.542. The van der Waals surface area contributed by atoms with Crippen molar-refractivity contribution in [2.45, 2.75) is 6.42 Å². The van der Waals surface area contributed by atoms with Crippen molar-refractivity contribution in [1.29, 1.82) is 0 Å². The number of methoxy groups -OCH3 is 1. The average Bonchev–Trinajstić information content (AvgIpc) is 2.80. The number of anilines is 2. The standard InChI is InChI=1S/C24H24ClN3O3/c1-31-22-10-5-7-20(17-22)27-24(30)26-15-6-16-28(21-8-3-2-4-9-21)23(29)18-11-13-19(25)14-12-18/h2-5,7-14,17H,6,15-16H2,1H3,(H2,26,27,30). The highest BCUT2D eigenvalue weighted by Gasteiger charge is 2.17. The second-order valence-electron chi connectivity index (χ2n) is 6.77. The molecular weight excluding hydrogens is 414 g/mol. The fourth-order valence-corrected chi connectivity index (χ4v) is 3.15. The number of hydrogen-bond acceptors (Lipinski definition) is 3. The Morgan fingerprint density at radius 3 is 2.42 bits per heavy atom. The lowest BCUT2D eigenvalue weighted by molar-refractivity contribution is 0.0986. The molecule has 2 N–H and O–H groups in total. The van der Waals surface area contributed by atoms with E-state index < -0.39 is 0 Å². The first-order valence-corrected chi connectivity index (χ1v) is 10.3. The molecule has 160 valence electrons. The van der Waals surface area contributed by atoms with Gasteiger partial charge in [-0.15, -0.1) is 0 Å². The summed E-state index contributed by atoms with van der Waals surface area (Å²) in [5, 5.41) is 6.16. The highest BCUT2D eigenvalue weighted by molar-refractivity contribution is 6.30. The Morgan fingerprint density at radius 2 is 1.71 bits per heavy atom. The molecule has 0 aromatic heterocycles. The van der Waals surface area contributed by atoms with Gasteiger partial charge in [0.2, 0.25) is 0 Å². The van der Waals surface area contributed by atoms with E-state index in [4.69, 9.17) is 16.3 Å². The van der Waals surface area contributed by atoms with Crippen molar-refractivity contribution in [2.24, 2.45) is 0 Å². The molecule has 0 aliphatic rings. The number of ether oxygens (including phenoxy) is 1. The summed E-state index contributed by atoms with van der Waals surface area (Å²) >= 11 is 5.94. The number of rotatable bonds is 8.